The second-order valence-electron chi connectivity index (χ2n) is 10.3. The second kappa shape index (κ2) is 11.6. The average Bonchev–Trinajstić information content (AvgIpc) is 3.73. The number of halogens is 3. The fourth-order valence-electron chi connectivity index (χ4n) is 5.88. The molecule has 2 aromatic heterocycles. The van der Waals surface area contributed by atoms with Crippen molar-refractivity contribution >= 4 is 22.8 Å². The highest BCUT2D eigenvalue weighted by atomic mass is 20.0. The molecular formula is C27H33F3N6O2. The molecule has 2 aliphatic heterocycles. The van der Waals surface area contributed by atoms with E-state index in [1.54, 1.807) is 12.1 Å². The Morgan fingerprint density at radius 2 is 1.76 bits per heavy atom. The van der Waals surface area contributed by atoms with Crippen LogP contribution in [-0.4, -0.2) is 69.7 Å². The van der Waals surface area contributed by atoms with Gasteiger partial charge in [0.15, 0.2) is 5.65 Å². The summed E-state index contributed by atoms with van der Waals surface area (Å²) >= 11 is 0. The van der Waals surface area contributed by atoms with Crippen LogP contribution in [0.2, 0.25) is 0 Å². The molecule has 0 atom stereocenters. The predicted molar refractivity (Wildman–Crippen MR) is 138 cm³/mol. The molecular weight excluding hydrogens is 497 g/mol. The smallest absolute Gasteiger partial charge is 0.255 e. The van der Waals surface area contributed by atoms with E-state index < -0.39 is 6.86 Å². The largest absolute Gasteiger partial charge is 0.463 e. The molecule has 0 unspecified atom stereocenters. The first kappa shape index (κ1) is 26.3. The molecule has 204 valence electrons. The zero-order valence-electron chi connectivity index (χ0n) is 21.2. The predicted octanol–water partition coefficient (Wildman–Crippen LogP) is 5.05. The van der Waals surface area contributed by atoms with E-state index in [0.717, 1.165) is 61.7 Å². The number of hydrogen-bond donors (Lipinski definition) is 2. The monoisotopic (exact) mass is 530 g/mol. The van der Waals surface area contributed by atoms with Crippen molar-refractivity contribution in [1.29, 1.82) is 0 Å². The Morgan fingerprint density at radius 1 is 1.05 bits per heavy atom. The molecule has 3 fully saturated rings. The molecule has 0 spiro atoms. The van der Waals surface area contributed by atoms with Crippen LogP contribution >= 0.6 is 0 Å². The van der Waals surface area contributed by atoms with Crippen molar-refractivity contribution in [2.24, 2.45) is 0 Å². The van der Waals surface area contributed by atoms with E-state index in [-0.39, 0.29) is 5.91 Å². The van der Waals surface area contributed by atoms with Crippen LogP contribution in [0.3, 0.4) is 0 Å². The third-order valence-electron chi connectivity index (χ3n) is 8.14. The van der Waals surface area contributed by atoms with Crippen LogP contribution in [-0.2, 0) is 0 Å². The molecule has 8 nitrogen and oxygen atoms in total. The van der Waals surface area contributed by atoms with Crippen LogP contribution in [0, 0.1) is 0 Å². The molecule has 0 radical (unpaired) electrons. The number of aromatic nitrogens is 3. The number of fused-ring (bicyclic) bond motifs is 1. The molecule has 4 heterocycles. The molecule has 0 bridgehead atoms. The van der Waals surface area contributed by atoms with Crippen molar-refractivity contribution in [3.8, 4) is 5.75 Å². The van der Waals surface area contributed by atoms with E-state index in [9.17, 15) is 9.18 Å². The number of piperidine rings is 2. The van der Waals surface area contributed by atoms with Gasteiger partial charge in [-0.15, -0.1) is 0 Å². The van der Waals surface area contributed by atoms with Gasteiger partial charge in [0.2, 0.25) is 6.86 Å². The standard InChI is InChI=1S/C27H33FN6O2.F2/c28-16-36-20-3-4-21(23(29)13-20)27(35)34-11-5-17(6-12-34)22-14-30-26-25(22)32-24(15-31-26)18-7-9-33(10-8-18)19-1-2-19;1-2/h3-4,13-15,17-19H,1-2,5-12,16,29H2,(H,30,31);. The zero-order chi connectivity index (χ0) is 26.6. The lowest BCUT2D eigenvalue weighted by Gasteiger charge is -2.32. The summed E-state index contributed by atoms with van der Waals surface area (Å²) in [4.78, 5) is 30.7. The number of nitrogens with two attached hydrogens (primary N) is 1. The Balaban J connectivity index is 0.00000144. The number of aromatic amines is 1. The van der Waals surface area contributed by atoms with Crippen molar-refractivity contribution in [3.05, 3.63) is 47.4 Å². The summed E-state index contributed by atoms with van der Waals surface area (Å²) in [5, 5.41) is 0. The summed E-state index contributed by atoms with van der Waals surface area (Å²) in [7, 11) is 0. The second-order valence-corrected chi connectivity index (χ2v) is 10.3. The van der Waals surface area contributed by atoms with Crippen LogP contribution in [0.4, 0.5) is 19.2 Å². The van der Waals surface area contributed by atoms with Gasteiger partial charge in [-0.3, -0.25) is 4.79 Å². The fourth-order valence-corrected chi connectivity index (χ4v) is 5.88. The fraction of sp³-hybridized carbons (Fsp3) is 0.519. The quantitative estimate of drug-likeness (QED) is 0.433. The number of ether oxygens (including phenoxy) is 1. The maximum Gasteiger partial charge on any atom is 0.255 e. The number of likely N-dealkylation sites (tertiary alicyclic amines) is 2. The van der Waals surface area contributed by atoms with E-state index in [2.05, 4.69) is 9.88 Å². The van der Waals surface area contributed by atoms with Gasteiger partial charge in [0.25, 0.3) is 5.91 Å². The first-order valence-electron chi connectivity index (χ1n) is 13.2. The summed E-state index contributed by atoms with van der Waals surface area (Å²) in [6.45, 7) is 2.69. The van der Waals surface area contributed by atoms with E-state index >= 15 is 0 Å². The average molecular weight is 531 g/mol. The van der Waals surface area contributed by atoms with Crippen molar-refractivity contribution in [2.75, 3.05) is 38.8 Å². The van der Waals surface area contributed by atoms with Gasteiger partial charge >= 0.3 is 0 Å². The van der Waals surface area contributed by atoms with Gasteiger partial charge < -0.3 is 25.3 Å². The lowest BCUT2D eigenvalue weighted by Crippen LogP contribution is -2.38. The molecule has 1 amide bonds. The third-order valence-corrected chi connectivity index (χ3v) is 8.14. The van der Waals surface area contributed by atoms with Crippen LogP contribution < -0.4 is 10.5 Å². The molecule has 3 aromatic rings. The minimum atomic E-state index is -0.931. The van der Waals surface area contributed by atoms with Crippen molar-refractivity contribution < 1.29 is 23.1 Å². The highest BCUT2D eigenvalue weighted by Crippen LogP contribution is 2.36. The molecule has 3 N–H and O–H groups in total. The van der Waals surface area contributed by atoms with Crippen LogP contribution in [0.5, 0.6) is 5.75 Å². The normalized spacial score (nSPS) is 19.3. The Bertz CT molecular complexity index is 1250. The van der Waals surface area contributed by atoms with Gasteiger partial charge in [0.05, 0.1) is 17.5 Å². The van der Waals surface area contributed by atoms with Gasteiger partial charge in [0.1, 0.15) is 11.3 Å². The van der Waals surface area contributed by atoms with E-state index in [4.69, 9.17) is 29.6 Å². The molecule has 11 heteroatoms. The van der Waals surface area contributed by atoms with Crippen LogP contribution in [0.25, 0.3) is 11.2 Å². The van der Waals surface area contributed by atoms with Crippen molar-refractivity contribution in [1.82, 2.24) is 24.8 Å². The van der Waals surface area contributed by atoms with Gasteiger partial charge in [-0.25, -0.2) is 14.4 Å². The van der Waals surface area contributed by atoms with E-state index in [0.29, 0.717) is 41.9 Å². The van der Waals surface area contributed by atoms with Crippen molar-refractivity contribution in [3.63, 3.8) is 0 Å². The summed E-state index contributed by atoms with van der Waals surface area (Å²) in [6, 6.07) is 5.52. The first-order valence-corrected chi connectivity index (χ1v) is 13.2. The number of hydrogen-bond acceptors (Lipinski definition) is 6. The van der Waals surface area contributed by atoms with Crippen molar-refractivity contribution in [2.45, 2.75) is 56.4 Å². The van der Waals surface area contributed by atoms with E-state index in [1.807, 2.05) is 17.3 Å². The zero-order valence-corrected chi connectivity index (χ0v) is 21.2. The highest BCUT2D eigenvalue weighted by Gasteiger charge is 2.33. The SMILES string of the molecule is FF.Nc1cc(OCF)ccc1C(=O)N1CCC(c2c[nH]c3ncc(C4CCN(C5CC5)CC4)nc23)CC1. The molecule has 38 heavy (non-hydrogen) atoms. The molecule has 2 saturated heterocycles. The lowest BCUT2D eigenvalue weighted by atomic mass is 9.90. The third kappa shape index (κ3) is 5.43. The van der Waals surface area contributed by atoms with Gasteiger partial charge in [-0.05, 0) is 69.7 Å². The number of nitrogens with one attached hydrogen (secondary N) is 1. The minimum Gasteiger partial charge on any atom is -0.463 e. The number of H-pyrrole nitrogens is 1. The summed E-state index contributed by atoms with van der Waals surface area (Å²) in [5.74, 6) is 1.02. The van der Waals surface area contributed by atoms with Gasteiger partial charge in [-0.1, -0.05) is 0 Å². The maximum absolute atomic E-state index is 13.1. The molecule has 3 aliphatic rings. The number of nitrogens with zero attached hydrogens (tertiary/aromatic N) is 4. The molecule has 6 rings (SSSR count). The number of benzene rings is 1. The van der Waals surface area contributed by atoms with Crippen LogP contribution in [0.15, 0.2) is 30.6 Å². The number of carbonyl (C=O) groups is 1. The molecule has 1 aromatic carbocycles. The number of carbonyl (C=O) groups excluding carboxylic acids is 1. The Kier molecular flexibility index (Phi) is 8.01. The molecule has 1 saturated carbocycles. The molecule has 1 aliphatic carbocycles. The lowest BCUT2D eigenvalue weighted by molar-refractivity contribution is 0.0714. The number of anilines is 1. The summed E-state index contributed by atoms with van der Waals surface area (Å²) < 4.78 is 33.3. The topological polar surface area (TPSA) is 100 Å². The highest BCUT2D eigenvalue weighted by molar-refractivity contribution is 5.99. The number of alkyl halides is 1. The Hall–Kier alpha value is -3.34. The number of rotatable bonds is 6. The Labute approximate surface area is 219 Å². The van der Waals surface area contributed by atoms with Crippen LogP contribution in [0.1, 0.15) is 72.0 Å². The number of amides is 1. The summed E-state index contributed by atoms with van der Waals surface area (Å²) in [5.41, 5.74) is 10.9. The first-order chi connectivity index (χ1) is 18.6. The maximum atomic E-state index is 13.1. The Morgan fingerprint density at radius 3 is 2.42 bits per heavy atom. The van der Waals surface area contributed by atoms with E-state index in [1.165, 1.54) is 24.5 Å². The summed E-state index contributed by atoms with van der Waals surface area (Å²) in [6.07, 6.45) is 10.7. The van der Waals surface area contributed by atoms with Gasteiger partial charge in [-0.2, -0.15) is 0 Å². The number of nitrogen functional groups attached to an aromatic ring is 1. The van der Waals surface area contributed by atoms with Gasteiger partial charge in [0, 0.05) is 57.7 Å². The minimum absolute atomic E-state index is 0.101.